The van der Waals surface area contributed by atoms with Crippen LogP contribution in [-0.2, 0) is 0 Å². The van der Waals surface area contributed by atoms with Gasteiger partial charge >= 0.3 is 5.97 Å². The molecule has 0 spiro atoms. The quantitative estimate of drug-likeness (QED) is 0.600. The number of hydrogen-bond acceptors (Lipinski definition) is 4. The second-order valence-corrected chi connectivity index (χ2v) is 5.47. The number of aromatic carboxylic acids is 1. The highest BCUT2D eigenvalue weighted by molar-refractivity contribution is 5.87. The fourth-order valence-corrected chi connectivity index (χ4v) is 2.59. The molecule has 0 radical (unpaired) electrons. The Hall–Kier alpha value is -3.74. The fraction of sp³-hybridized carbons (Fsp3) is 0. The highest BCUT2D eigenvalue weighted by atomic mass is 16.4. The van der Waals surface area contributed by atoms with Crippen molar-refractivity contribution in [2.45, 2.75) is 0 Å². The van der Waals surface area contributed by atoms with Crippen LogP contribution in [0.25, 0.3) is 28.0 Å². The van der Waals surface area contributed by atoms with Crippen LogP contribution in [0.2, 0.25) is 0 Å². The first kappa shape index (κ1) is 14.8. The zero-order valence-electron chi connectivity index (χ0n) is 12.9. The Kier molecular flexibility index (Phi) is 3.39. The molecule has 2 heterocycles. The van der Waals surface area contributed by atoms with E-state index in [2.05, 4.69) is 15.1 Å². The van der Waals surface area contributed by atoms with Gasteiger partial charge in [0, 0.05) is 6.20 Å². The summed E-state index contributed by atoms with van der Waals surface area (Å²) in [5.74, 6) is -0.934. The van der Waals surface area contributed by atoms with Crippen LogP contribution in [0.3, 0.4) is 0 Å². The molecule has 4 aromatic rings. The van der Waals surface area contributed by atoms with Crippen molar-refractivity contribution in [1.82, 2.24) is 19.7 Å². The Morgan fingerprint density at radius 2 is 1.88 bits per heavy atom. The van der Waals surface area contributed by atoms with E-state index in [4.69, 9.17) is 5.11 Å². The maximum absolute atomic E-state index is 12.3. The van der Waals surface area contributed by atoms with Crippen molar-refractivity contribution in [2.75, 3.05) is 0 Å². The average Bonchev–Trinajstić information content (AvgIpc) is 3.12. The summed E-state index contributed by atoms with van der Waals surface area (Å²) < 4.78 is 1.24. The van der Waals surface area contributed by atoms with E-state index in [0.29, 0.717) is 10.9 Å². The van der Waals surface area contributed by atoms with Crippen molar-refractivity contribution in [3.63, 3.8) is 0 Å². The molecule has 0 aliphatic carbocycles. The lowest BCUT2D eigenvalue weighted by Gasteiger charge is -2.05. The molecule has 0 atom stereocenters. The summed E-state index contributed by atoms with van der Waals surface area (Å²) in [6.45, 7) is 0. The molecular formula is C18H12N4O3. The first-order valence-electron chi connectivity index (χ1n) is 7.50. The van der Waals surface area contributed by atoms with Gasteiger partial charge in [-0.05, 0) is 23.3 Å². The molecule has 25 heavy (non-hydrogen) atoms. The van der Waals surface area contributed by atoms with E-state index in [1.54, 1.807) is 6.07 Å². The number of H-pyrrole nitrogens is 1. The van der Waals surface area contributed by atoms with Gasteiger partial charge in [0.1, 0.15) is 0 Å². The van der Waals surface area contributed by atoms with Gasteiger partial charge < -0.3 is 5.11 Å². The molecule has 2 N–H and O–H groups in total. The average molecular weight is 332 g/mol. The van der Waals surface area contributed by atoms with Gasteiger partial charge in [0.05, 0.1) is 22.7 Å². The van der Waals surface area contributed by atoms with E-state index >= 15 is 0 Å². The second kappa shape index (κ2) is 5.72. The molecule has 0 amide bonds. The molecule has 0 aliphatic rings. The van der Waals surface area contributed by atoms with Crippen LogP contribution < -0.4 is 5.56 Å². The zero-order chi connectivity index (χ0) is 17.4. The third-order valence-corrected chi connectivity index (χ3v) is 3.85. The second-order valence-electron chi connectivity index (χ2n) is 5.47. The minimum Gasteiger partial charge on any atom is -0.478 e. The minimum absolute atomic E-state index is 0.0146. The summed E-state index contributed by atoms with van der Waals surface area (Å²) in [7, 11) is 0. The number of fused-ring (bicyclic) bond motifs is 1. The van der Waals surface area contributed by atoms with Crippen LogP contribution in [0.1, 0.15) is 10.4 Å². The summed E-state index contributed by atoms with van der Waals surface area (Å²) in [5.41, 5.74) is 2.16. The highest BCUT2D eigenvalue weighted by Crippen LogP contribution is 2.22. The van der Waals surface area contributed by atoms with Crippen molar-refractivity contribution in [2.24, 2.45) is 0 Å². The SMILES string of the molecule is O=C(O)c1cnn(-c2nc3cc(-c4ccccc4)ccc3c(=O)[nH]2)c1. The van der Waals surface area contributed by atoms with Crippen molar-refractivity contribution >= 4 is 16.9 Å². The van der Waals surface area contributed by atoms with Crippen molar-refractivity contribution in [3.8, 4) is 17.1 Å². The van der Waals surface area contributed by atoms with Crippen LogP contribution >= 0.6 is 0 Å². The number of rotatable bonds is 3. The maximum Gasteiger partial charge on any atom is 0.338 e. The zero-order valence-corrected chi connectivity index (χ0v) is 12.9. The third kappa shape index (κ3) is 2.67. The molecule has 2 aromatic heterocycles. The molecule has 0 saturated heterocycles. The predicted octanol–water partition coefficient (Wildman–Crippen LogP) is 2.47. The van der Waals surface area contributed by atoms with Gasteiger partial charge in [-0.3, -0.25) is 9.78 Å². The normalized spacial score (nSPS) is 10.9. The first-order chi connectivity index (χ1) is 12.1. The Bertz CT molecular complexity index is 1150. The summed E-state index contributed by atoms with van der Waals surface area (Å²) in [4.78, 5) is 30.3. The van der Waals surface area contributed by atoms with Crippen LogP contribution in [0, 0.1) is 0 Å². The molecule has 7 nitrogen and oxygen atoms in total. The fourth-order valence-electron chi connectivity index (χ4n) is 2.59. The van der Waals surface area contributed by atoms with E-state index < -0.39 is 5.97 Å². The third-order valence-electron chi connectivity index (χ3n) is 3.85. The lowest BCUT2D eigenvalue weighted by atomic mass is 10.0. The molecule has 7 heteroatoms. The lowest BCUT2D eigenvalue weighted by Crippen LogP contribution is -2.13. The molecule has 0 saturated carbocycles. The number of carboxylic acid groups (broad SMARTS) is 1. The van der Waals surface area contributed by atoms with Crippen molar-refractivity contribution < 1.29 is 9.90 Å². The van der Waals surface area contributed by atoms with Crippen LogP contribution in [0.15, 0.2) is 65.7 Å². The van der Waals surface area contributed by atoms with E-state index in [1.165, 1.54) is 17.1 Å². The smallest absolute Gasteiger partial charge is 0.338 e. The van der Waals surface area contributed by atoms with Gasteiger partial charge in [-0.15, -0.1) is 0 Å². The van der Waals surface area contributed by atoms with Crippen LogP contribution in [-0.4, -0.2) is 30.8 Å². The summed E-state index contributed by atoms with van der Waals surface area (Å²) in [5, 5.41) is 13.4. The summed E-state index contributed by atoms with van der Waals surface area (Å²) >= 11 is 0. The number of carbonyl (C=O) groups is 1. The van der Waals surface area contributed by atoms with Gasteiger partial charge in [-0.2, -0.15) is 5.10 Å². The minimum atomic E-state index is -1.10. The molecule has 0 bridgehead atoms. The number of carboxylic acids is 1. The number of aromatic nitrogens is 4. The summed E-state index contributed by atoms with van der Waals surface area (Å²) in [6.07, 6.45) is 2.50. The Morgan fingerprint density at radius 1 is 1.08 bits per heavy atom. The van der Waals surface area contributed by atoms with Crippen molar-refractivity contribution in [3.05, 3.63) is 76.8 Å². The van der Waals surface area contributed by atoms with Gasteiger partial charge in [0.15, 0.2) is 0 Å². The predicted molar refractivity (Wildman–Crippen MR) is 91.9 cm³/mol. The number of nitrogens with one attached hydrogen (secondary N) is 1. The van der Waals surface area contributed by atoms with Gasteiger partial charge in [-0.1, -0.05) is 36.4 Å². The van der Waals surface area contributed by atoms with Crippen LogP contribution in [0.5, 0.6) is 0 Å². The topological polar surface area (TPSA) is 101 Å². The Morgan fingerprint density at radius 3 is 2.60 bits per heavy atom. The molecule has 0 unspecified atom stereocenters. The van der Waals surface area contributed by atoms with Gasteiger partial charge in [0.25, 0.3) is 5.56 Å². The number of aromatic amines is 1. The molecule has 122 valence electrons. The van der Waals surface area contributed by atoms with E-state index in [0.717, 1.165) is 11.1 Å². The Labute approximate surface area is 141 Å². The van der Waals surface area contributed by atoms with Gasteiger partial charge in [0.2, 0.25) is 5.95 Å². The van der Waals surface area contributed by atoms with E-state index in [-0.39, 0.29) is 17.1 Å². The molecular weight excluding hydrogens is 320 g/mol. The number of hydrogen-bond donors (Lipinski definition) is 2. The lowest BCUT2D eigenvalue weighted by molar-refractivity contribution is 0.0697. The molecule has 0 aliphatic heterocycles. The number of benzene rings is 2. The van der Waals surface area contributed by atoms with Crippen LogP contribution in [0.4, 0.5) is 0 Å². The highest BCUT2D eigenvalue weighted by Gasteiger charge is 2.11. The Balaban J connectivity index is 1.87. The van der Waals surface area contributed by atoms with Crippen molar-refractivity contribution in [1.29, 1.82) is 0 Å². The largest absolute Gasteiger partial charge is 0.478 e. The van der Waals surface area contributed by atoms with E-state index in [1.807, 2.05) is 42.5 Å². The molecule has 4 rings (SSSR count). The molecule has 0 fully saturated rings. The summed E-state index contributed by atoms with van der Waals surface area (Å²) in [6, 6.07) is 15.2. The standard InChI is InChI=1S/C18H12N4O3/c23-16-14-7-6-12(11-4-2-1-3-5-11)8-15(14)20-18(21-16)22-10-13(9-19-22)17(24)25/h1-10H,(H,24,25)(H,20,21,23). The maximum atomic E-state index is 12.3. The first-order valence-corrected chi connectivity index (χ1v) is 7.50. The number of nitrogens with zero attached hydrogens (tertiary/aromatic N) is 3. The molecule has 2 aromatic carbocycles. The monoisotopic (exact) mass is 332 g/mol. The van der Waals surface area contributed by atoms with Gasteiger partial charge in [-0.25, -0.2) is 14.5 Å². The van der Waals surface area contributed by atoms with E-state index in [9.17, 15) is 9.59 Å².